The van der Waals surface area contributed by atoms with Crippen molar-refractivity contribution >= 4 is 22.1 Å². The standard InChI is InChI=1S/C47H82O12S/c1-3-5-7-9-11-13-15-17-19-20-22-24-26-28-30-32-34-36-43(49)58-40(38-57-47-46(52)45(51)44(50)41(59-47)39-60(53,54)55)37-56-42(48)35-33-31-29-27-25-23-21-18-16-14-12-10-8-6-4-2/h6,8,12,14,17-19,21,40-41,44-47,50-52H,3-5,7,9-11,13,15-16,20,22-39H2,1-2H3,(H,53,54,55)/b8-6+,14-12+,19-17+,21-18+/t40-,41-,44-,45?,46?,47+/m1/s1. The number of aliphatic hydroxyl groups is 3. The van der Waals surface area contributed by atoms with Gasteiger partial charge in [-0.1, -0.05) is 146 Å². The quantitative estimate of drug-likeness (QED) is 0.0200. The Hall–Kier alpha value is -2.39. The molecule has 1 aliphatic rings. The number of hydrogen-bond donors (Lipinski definition) is 4. The van der Waals surface area contributed by atoms with E-state index in [2.05, 4.69) is 62.5 Å². The van der Waals surface area contributed by atoms with Gasteiger partial charge in [0.05, 0.1) is 6.61 Å². The van der Waals surface area contributed by atoms with Gasteiger partial charge in [0.1, 0.15) is 36.8 Å². The van der Waals surface area contributed by atoms with Crippen LogP contribution in [0.25, 0.3) is 0 Å². The van der Waals surface area contributed by atoms with Crippen molar-refractivity contribution in [2.24, 2.45) is 0 Å². The van der Waals surface area contributed by atoms with E-state index in [0.29, 0.717) is 12.8 Å². The molecule has 0 radical (unpaired) electrons. The van der Waals surface area contributed by atoms with E-state index in [0.717, 1.165) is 83.5 Å². The van der Waals surface area contributed by atoms with E-state index in [9.17, 15) is 37.9 Å². The fraction of sp³-hybridized carbons (Fsp3) is 0.787. The van der Waals surface area contributed by atoms with E-state index in [1.807, 2.05) is 0 Å². The molecule has 0 aromatic heterocycles. The highest BCUT2D eigenvalue weighted by Gasteiger charge is 2.46. The highest BCUT2D eigenvalue weighted by atomic mass is 32.2. The van der Waals surface area contributed by atoms with Crippen LogP contribution < -0.4 is 0 Å². The second kappa shape index (κ2) is 37.2. The maximum Gasteiger partial charge on any atom is 0.306 e. The highest BCUT2D eigenvalue weighted by molar-refractivity contribution is 7.85. The zero-order chi connectivity index (χ0) is 44.1. The molecule has 13 heteroatoms. The second-order valence-corrected chi connectivity index (χ2v) is 17.5. The lowest BCUT2D eigenvalue weighted by Gasteiger charge is -2.40. The molecule has 0 saturated carbocycles. The van der Waals surface area contributed by atoms with Crippen LogP contribution in [0.5, 0.6) is 0 Å². The van der Waals surface area contributed by atoms with Crippen LogP contribution in [0.3, 0.4) is 0 Å². The molecular formula is C47H82O12S. The summed E-state index contributed by atoms with van der Waals surface area (Å²) in [5.74, 6) is -2.01. The molecule has 1 rings (SSSR count). The molecule has 1 heterocycles. The maximum atomic E-state index is 12.8. The minimum atomic E-state index is -4.61. The Balaban J connectivity index is 2.45. The molecule has 4 N–H and O–H groups in total. The summed E-state index contributed by atoms with van der Waals surface area (Å²) < 4.78 is 54.1. The van der Waals surface area contributed by atoms with Crippen LogP contribution in [-0.2, 0) is 38.7 Å². The Kier molecular flexibility index (Phi) is 34.5. The van der Waals surface area contributed by atoms with E-state index >= 15 is 0 Å². The summed E-state index contributed by atoms with van der Waals surface area (Å²) in [6.45, 7) is 3.63. The summed E-state index contributed by atoms with van der Waals surface area (Å²) in [7, 11) is -4.61. The van der Waals surface area contributed by atoms with Crippen LogP contribution in [0.4, 0.5) is 0 Å². The minimum absolute atomic E-state index is 0.154. The van der Waals surface area contributed by atoms with Crippen LogP contribution in [0.1, 0.15) is 181 Å². The third-order valence-electron chi connectivity index (χ3n) is 10.4. The molecule has 60 heavy (non-hydrogen) atoms. The molecule has 0 bridgehead atoms. The van der Waals surface area contributed by atoms with Crippen LogP contribution in [0.2, 0.25) is 0 Å². The van der Waals surface area contributed by atoms with Gasteiger partial charge in [0.25, 0.3) is 10.1 Å². The van der Waals surface area contributed by atoms with Gasteiger partial charge in [0.15, 0.2) is 12.4 Å². The third-order valence-corrected chi connectivity index (χ3v) is 11.1. The Bertz CT molecular complexity index is 1300. The molecule has 1 fully saturated rings. The molecule has 0 aromatic rings. The first kappa shape index (κ1) is 55.6. The highest BCUT2D eigenvalue weighted by Crippen LogP contribution is 2.24. The van der Waals surface area contributed by atoms with Crippen molar-refractivity contribution in [2.45, 2.75) is 218 Å². The maximum absolute atomic E-state index is 12.8. The lowest BCUT2D eigenvalue weighted by molar-refractivity contribution is -0.297. The topological polar surface area (TPSA) is 186 Å². The Labute approximate surface area is 363 Å². The van der Waals surface area contributed by atoms with Crippen molar-refractivity contribution in [2.75, 3.05) is 19.0 Å². The third kappa shape index (κ3) is 31.5. The zero-order valence-corrected chi connectivity index (χ0v) is 37.9. The van der Waals surface area contributed by atoms with Crippen LogP contribution >= 0.6 is 0 Å². The monoisotopic (exact) mass is 871 g/mol. The SMILES string of the molecule is CC/C=C/C/C=C/C/C=C/CCCCCCCC(=O)OC[C@H](CO[C@H]1O[C@H](CS(=O)(=O)O)[C@@H](O)C(O)C1O)OC(=O)CCCCCCCCC/C=C/CCCCCCCC. The average Bonchev–Trinajstić information content (AvgIpc) is 3.21. The molecule has 1 aliphatic heterocycles. The predicted molar refractivity (Wildman–Crippen MR) is 238 cm³/mol. The van der Waals surface area contributed by atoms with Gasteiger partial charge in [-0.25, -0.2) is 0 Å². The number of ether oxygens (including phenoxy) is 4. The molecule has 0 spiro atoms. The van der Waals surface area contributed by atoms with Gasteiger partial charge in [0, 0.05) is 12.8 Å². The molecule has 2 unspecified atom stereocenters. The normalized spacial score (nSPS) is 20.5. The number of carbonyl (C=O) groups excluding carboxylic acids is 2. The number of aliphatic hydroxyl groups excluding tert-OH is 3. The summed E-state index contributed by atoms with van der Waals surface area (Å²) in [5.41, 5.74) is 0. The molecule has 6 atom stereocenters. The molecule has 0 aromatic carbocycles. The van der Waals surface area contributed by atoms with Crippen LogP contribution in [-0.4, -0.2) is 96.0 Å². The lowest BCUT2D eigenvalue weighted by atomic mass is 10.00. The average molecular weight is 871 g/mol. The Morgan fingerprint density at radius 3 is 1.58 bits per heavy atom. The van der Waals surface area contributed by atoms with Gasteiger partial charge < -0.3 is 34.3 Å². The number of esters is 2. The molecular weight excluding hydrogens is 789 g/mol. The molecule has 348 valence electrons. The second-order valence-electron chi connectivity index (χ2n) is 16.0. The number of rotatable bonds is 38. The largest absolute Gasteiger partial charge is 0.462 e. The van der Waals surface area contributed by atoms with Crippen LogP contribution in [0, 0.1) is 0 Å². The van der Waals surface area contributed by atoms with Gasteiger partial charge in [-0.2, -0.15) is 8.42 Å². The summed E-state index contributed by atoms with van der Waals surface area (Å²) >= 11 is 0. The van der Waals surface area contributed by atoms with Crippen molar-refractivity contribution in [3.8, 4) is 0 Å². The first-order valence-electron chi connectivity index (χ1n) is 23.2. The van der Waals surface area contributed by atoms with Crippen molar-refractivity contribution in [1.82, 2.24) is 0 Å². The molecule has 0 aliphatic carbocycles. The van der Waals surface area contributed by atoms with Gasteiger partial charge in [0.2, 0.25) is 0 Å². The first-order valence-corrected chi connectivity index (χ1v) is 24.8. The van der Waals surface area contributed by atoms with Gasteiger partial charge in [-0.05, 0) is 70.6 Å². The van der Waals surface area contributed by atoms with Gasteiger partial charge in [-0.15, -0.1) is 0 Å². The lowest BCUT2D eigenvalue weighted by Crippen LogP contribution is -2.60. The Morgan fingerprint density at radius 2 is 1.05 bits per heavy atom. The Morgan fingerprint density at radius 1 is 0.583 bits per heavy atom. The van der Waals surface area contributed by atoms with Gasteiger partial charge >= 0.3 is 11.9 Å². The number of carbonyl (C=O) groups is 2. The number of allylic oxidation sites excluding steroid dienone is 8. The van der Waals surface area contributed by atoms with E-state index < -0.39 is 71.2 Å². The smallest absolute Gasteiger partial charge is 0.306 e. The van der Waals surface area contributed by atoms with Gasteiger partial charge in [-0.3, -0.25) is 14.1 Å². The van der Waals surface area contributed by atoms with E-state index in [4.69, 9.17) is 18.9 Å². The number of unbranched alkanes of at least 4 members (excludes halogenated alkanes) is 18. The fourth-order valence-electron chi connectivity index (χ4n) is 6.80. The zero-order valence-electron chi connectivity index (χ0n) is 37.1. The van der Waals surface area contributed by atoms with E-state index in [1.54, 1.807) is 0 Å². The van der Waals surface area contributed by atoms with Crippen molar-refractivity contribution in [3.05, 3.63) is 48.6 Å². The number of hydrogen-bond acceptors (Lipinski definition) is 11. The summed E-state index contributed by atoms with van der Waals surface area (Å²) in [6.07, 6.45) is 34.4. The fourth-order valence-corrected chi connectivity index (χ4v) is 7.49. The summed E-state index contributed by atoms with van der Waals surface area (Å²) in [4.78, 5) is 25.4. The predicted octanol–water partition coefficient (Wildman–Crippen LogP) is 9.56. The van der Waals surface area contributed by atoms with E-state index in [1.165, 1.54) is 57.8 Å². The molecule has 1 saturated heterocycles. The molecule has 12 nitrogen and oxygen atoms in total. The summed E-state index contributed by atoms with van der Waals surface area (Å²) in [5, 5.41) is 30.9. The molecule has 0 amide bonds. The van der Waals surface area contributed by atoms with Crippen LogP contribution in [0.15, 0.2) is 48.6 Å². The van der Waals surface area contributed by atoms with Crippen molar-refractivity contribution in [1.29, 1.82) is 0 Å². The van der Waals surface area contributed by atoms with Crippen molar-refractivity contribution < 1.29 is 56.8 Å². The summed E-state index contributed by atoms with van der Waals surface area (Å²) in [6, 6.07) is 0. The van der Waals surface area contributed by atoms with E-state index in [-0.39, 0.29) is 19.4 Å². The van der Waals surface area contributed by atoms with Crippen molar-refractivity contribution in [3.63, 3.8) is 0 Å². The first-order chi connectivity index (χ1) is 29.0. The minimum Gasteiger partial charge on any atom is -0.462 e.